The molecule has 1 aliphatic rings. The Morgan fingerprint density at radius 1 is 0.656 bits per heavy atom. The zero-order chi connectivity index (χ0) is 46.4. The highest BCUT2D eigenvalue weighted by Gasteiger charge is 2.49. The summed E-state index contributed by atoms with van der Waals surface area (Å²) in [5, 5.41) is 26.5. The molecule has 1 aliphatic heterocycles. The summed E-state index contributed by atoms with van der Waals surface area (Å²) in [6.45, 7) is 3.20. The molecule has 0 aromatic heterocycles. The topological polar surface area (TPSA) is 164 Å². The Morgan fingerprint density at radius 2 is 1.11 bits per heavy atom. The summed E-state index contributed by atoms with van der Waals surface area (Å²) in [6.07, 6.45) is 15.2. The van der Waals surface area contributed by atoms with Crippen LogP contribution in [0.4, 0.5) is 0 Å². The normalized spacial score (nSPS) is 18.5. The molecule has 13 nitrogen and oxygen atoms in total. The highest BCUT2D eigenvalue weighted by molar-refractivity contribution is 7.68. The van der Waals surface area contributed by atoms with E-state index in [1.807, 2.05) is 60.7 Å². The molecule has 3 N–H and O–H groups in total. The van der Waals surface area contributed by atoms with Gasteiger partial charge in [0.15, 0.2) is 12.4 Å². The molecule has 0 unspecified atom stereocenters. The number of benzene rings is 2. The van der Waals surface area contributed by atoms with Crippen LogP contribution in [-0.2, 0) is 37.9 Å². The highest BCUT2D eigenvalue weighted by atomic mass is 31.1. The molecule has 0 bridgehead atoms. The van der Waals surface area contributed by atoms with Crippen LogP contribution < -0.4 is 15.9 Å². The molecule has 0 spiro atoms. The van der Waals surface area contributed by atoms with Gasteiger partial charge in [-0.15, -0.1) is 0 Å². The van der Waals surface area contributed by atoms with Gasteiger partial charge in [-0.25, -0.2) is 0 Å². The first-order valence-corrected chi connectivity index (χ1v) is 25.4. The second kappa shape index (κ2) is 33.1. The number of esters is 1. The summed E-state index contributed by atoms with van der Waals surface area (Å²) in [6, 6.07) is 18.4. The Bertz CT molecular complexity index is 1530. The van der Waals surface area contributed by atoms with Gasteiger partial charge in [-0.2, -0.15) is 0 Å². The van der Waals surface area contributed by atoms with Crippen LogP contribution in [0.25, 0.3) is 0 Å². The fourth-order valence-corrected chi connectivity index (χ4v) is 9.52. The Kier molecular flexibility index (Phi) is 28.4. The third-order valence-corrected chi connectivity index (χ3v) is 13.6. The molecule has 5 atom stereocenters. The lowest BCUT2D eigenvalue weighted by Crippen LogP contribution is -2.66. The van der Waals surface area contributed by atoms with Crippen molar-refractivity contribution in [2.24, 2.45) is 0 Å². The molecule has 14 heteroatoms. The number of unbranched alkanes of at least 4 members (excludes halogenated alkanes) is 16. The van der Waals surface area contributed by atoms with Crippen molar-refractivity contribution in [3.8, 4) is 0 Å². The lowest BCUT2D eigenvalue weighted by atomic mass is 9.96. The first-order valence-electron chi connectivity index (χ1n) is 24.1. The average Bonchev–Trinajstić information content (AvgIpc) is 3.29. The number of likely N-dealkylation sites (N-methyl/N-ethyl adjacent to an activating group) is 2. The summed E-state index contributed by atoms with van der Waals surface area (Å²) >= 11 is 0. The third kappa shape index (κ3) is 21.2. The number of nitrogens with one attached hydrogen (secondary N) is 1. The number of aliphatic hydroxyl groups excluding tert-OH is 2. The molecular formula is C50H80N3O10P. The molecule has 0 aliphatic carbocycles. The fourth-order valence-electron chi connectivity index (χ4n) is 7.78. The van der Waals surface area contributed by atoms with Gasteiger partial charge in [0, 0.05) is 37.5 Å². The minimum atomic E-state index is -1.56. The van der Waals surface area contributed by atoms with Gasteiger partial charge in [0.05, 0.1) is 34.5 Å². The monoisotopic (exact) mass is 914 g/mol. The minimum Gasteiger partial charge on any atom is -0.456 e. The summed E-state index contributed by atoms with van der Waals surface area (Å²) in [7, 11) is 1.88. The van der Waals surface area contributed by atoms with Gasteiger partial charge < -0.3 is 44.1 Å². The maximum atomic E-state index is 13.6. The number of hydrogen-bond acceptors (Lipinski definition) is 10. The molecular weight excluding hydrogens is 834 g/mol. The lowest BCUT2D eigenvalue weighted by Gasteiger charge is -2.44. The van der Waals surface area contributed by atoms with Gasteiger partial charge in [0.2, 0.25) is 17.7 Å². The number of rotatable bonds is 34. The van der Waals surface area contributed by atoms with Gasteiger partial charge in [0.1, 0.15) is 24.8 Å². The summed E-state index contributed by atoms with van der Waals surface area (Å²) < 4.78 is 24.4. The van der Waals surface area contributed by atoms with E-state index in [2.05, 4.69) is 19.2 Å². The van der Waals surface area contributed by atoms with Gasteiger partial charge in [0.25, 0.3) is 0 Å². The summed E-state index contributed by atoms with van der Waals surface area (Å²) in [4.78, 5) is 55.8. The van der Waals surface area contributed by atoms with Crippen LogP contribution in [0, 0.1) is 0 Å². The van der Waals surface area contributed by atoms with Crippen molar-refractivity contribution in [3.63, 3.8) is 0 Å². The number of ether oxygens (including phenoxy) is 3. The zero-order valence-corrected chi connectivity index (χ0v) is 40.2. The molecule has 0 saturated carbocycles. The molecule has 0 radical (unpaired) electrons. The second-order valence-electron chi connectivity index (χ2n) is 17.1. The van der Waals surface area contributed by atoms with E-state index in [9.17, 15) is 29.4 Å². The van der Waals surface area contributed by atoms with Crippen LogP contribution in [0.2, 0.25) is 0 Å². The molecule has 1 heterocycles. The Morgan fingerprint density at radius 3 is 1.58 bits per heavy atom. The van der Waals surface area contributed by atoms with E-state index in [1.165, 1.54) is 81.1 Å². The van der Waals surface area contributed by atoms with E-state index in [0.29, 0.717) is 12.8 Å². The minimum absolute atomic E-state index is 0.0162. The van der Waals surface area contributed by atoms with Crippen molar-refractivity contribution in [2.75, 3.05) is 47.0 Å². The van der Waals surface area contributed by atoms with Crippen LogP contribution in [0.1, 0.15) is 142 Å². The Hall–Kier alpha value is -3.45. The first kappa shape index (κ1) is 54.9. The van der Waals surface area contributed by atoms with Crippen LogP contribution in [-0.4, -0.2) is 121 Å². The molecule has 1 saturated heterocycles. The molecule has 64 heavy (non-hydrogen) atoms. The van der Waals surface area contributed by atoms with Gasteiger partial charge in [-0.3, -0.25) is 19.2 Å². The SMILES string of the molecule is CCCCCCCCCCCC(=O)N(C)CC(=O)N[C@@H]1[C@@H](OCCOP(c2ccccc2)c2ccccc2)O[C@H](CO)[C@@H](O)[C@@H]1OC(=O)CN(C)C(=O)CCCCCCCCCCC. The Labute approximate surface area is 385 Å². The Balaban J connectivity index is 1.65. The first-order chi connectivity index (χ1) is 31.1. The number of hydrogen-bond donors (Lipinski definition) is 3. The third-order valence-electron chi connectivity index (χ3n) is 11.6. The average molecular weight is 914 g/mol. The number of carbonyl (C=O) groups excluding carboxylic acids is 4. The van der Waals surface area contributed by atoms with Crippen molar-refractivity contribution in [1.29, 1.82) is 0 Å². The molecule has 2 aromatic carbocycles. The second-order valence-corrected chi connectivity index (χ2v) is 19.0. The molecule has 360 valence electrons. The molecule has 2 aromatic rings. The largest absolute Gasteiger partial charge is 0.456 e. The van der Waals surface area contributed by atoms with Crippen LogP contribution in [0.15, 0.2) is 60.7 Å². The van der Waals surface area contributed by atoms with E-state index < -0.39 is 57.3 Å². The maximum absolute atomic E-state index is 13.6. The van der Waals surface area contributed by atoms with Crippen LogP contribution in [0.3, 0.4) is 0 Å². The predicted octanol–water partition coefficient (Wildman–Crippen LogP) is 7.30. The van der Waals surface area contributed by atoms with Crippen molar-refractivity contribution < 1.29 is 48.1 Å². The van der Waals surface area contributed by atoms with E-state index >= 15 is 0 Å². The number of nitrogens with zero attached hydrogens (tertiary/aromatic N) is 2. The molecule has 3 amide bonds. The van der Waals surface area contributed by atoms with Crippen molar-refractivity contribution >= 4 is 42.4 Å². The van der Waals surface area contributed by atoms with E-state index in [4.69, 9.17) is 18.7 Å². The van der Waals surface area contributed by atoms with Gasteiger partial charge >= 0.3 is 5.97 Å². The van der Waals surface area contributed by atoms with Crippen molar-refractivity contribution in [3.05, 3.63) is 60.7 Å². The predicted molar refractivity (Wildman–Crippen MR) is 254 cm³/mol. The quantitative estimate of drug-likeness (QED) is 0.0369. The van der Waals surface area contributed by atoms with Crippen molar-refractivity contribution in [1.82, 2.24) is 15.1 Å². The van der Waals surface area contributed by atoms with Crippen LogP contribution >= 0.6 is 8.15 Å². The smallest absolute Gasteiger partial charge is 0.326 e. The summed E-state index contributed by atoms with van der Waals surface area (Å²) in [5.74, 6) is -1.76. The van der Waals surface area contributed by atoms with Crippen LogP contribution in [0.5, 0.6) is 0 Å². The summed E-state index contributed by atoms with van der Waals surface area (Å²) in [5.41, 5.74) is 0. The molecule has 1 fully saturated rings. The van der Waals surface area contributed by atoms with E-state index in [-0.39, 0.29) is 38.1 Å². The lowest BCUT2D eigenvalue weighted by molar-refractivity contribution is -0.274. The maximum Gasteiger partial charge on any atom is 0.326 e. The molecule has 3 rings (SSSR count). The van der Waals surface area contributed by atoms with E-state index in [1.54, 1.807) is 7.05 Å². The van der Waals surface area contributed by atoms with Crippen molar-refractivity contribution in [2.45, 2.75) is 173 Å². The number of amides is 3. The van der Waals surface area contributed by atoms with E-state index in [0.717, 1.165) is 62.0 Å². The zero-order valence-electron chi connectivity index (χ0n) is 39.3. The number of carbonyl (C=O) groups is 4. The number of aliphatic hydroxyl groups is 2. The van der Waals surface area contributed by atoms with Gasteiger partial charge in [-0.05, 0) is 12.8 Å². The fraction of sp³-hybridized carbons (Fsp3) is 0.680. The highest BCUT2D eigenvalue weighted by Crippen LogP contribution is 2.35. The standard InChI is InChI=1S/C50H80N3O10P/c1-5-7-9-11-13-15-17-19-27-33-44(56)52(3)37-43(55)51-47-49(63-46(58)38-53(4)45(57)34-28-20-18-16-14-12-10-8-6-2)48(59)42(39-54)62-50(47)60-35-36-61-64(40-29-23-21-24-30-40)41-31-25-22-26-32-41/h21-26,29-32,42,47-50,54,59H,5-20,27-28,33-39H2,1-4H3,(H,51,55)/t42-,47+,48-,49-,50+/m1/s1. The van der Waals surface area contributed by atoms with Gasteiger partial charge in [-0.1, -0.05) is 177 Å².